The van der Waals surface area contributed by atoms with E-state index in [0.29, 0.717) is 11.1 Å². The highest BCUT2D eigenvalue weighted by Crippen LogP contribution is 2.30. The molecule has 1 aromatic carbocycles. The topological polar surface area (TPSA) is 59.7 Å². The molecule has 0 aliphatic rings. The normalized spacial score (nSPS) is 11.0. The fourth-order valence-electron chi connectivity index (χ4n) is 2.06. The first kappa shape index (κ1) is 11.7. The molecule has 0 bridgehead atoms. The van der Waals surface area contributed by atoms with Gasteiger partial charge in [-0.25, -0.2) is 4.79 Å². The predicted molar refractivity (Wildman–Crippen MR) is 63.4 cm³/mol. The molecule has 0 spiro atoms. The van der Waals surface area contributed by atoms with Crippen molar-refractivity contribution in [3.05, 3.63) is 34.6 Å². The van der Waals surface area contributed by atoms with Gasteiger partial charge in [0.05, 0.1) is 6.61 Å². The summed E-state index contributed by atoms with van der Waals surface area (Å²) in [7, 11) is 1.53. The van der Waals surface area contributed by atoms with Gasteiger partial charge in [0.1, 0.15) is 5.58 Å². The van der Waals surface area contributed by atoms with Crippen LogP contribution < -0.4 is 0 Å². The van der Waals surface area contributed by atoms with E-state index in [1.54, 1.807) is 0 Å². The Bertz CT molecular complexity index is 581. The van der Waals surface area contributed by atoms with Crippen LogP contribution in [0.2, 0.25) is 0 Å². The number of rotatable bonds is 3. The second-order valence-corrected chi connectivity index (χ2v) is 4.11. The van der Waals surface area contributed by atoms with Crippen molar-refractivity contribution in [3.8, 4) is 0 Å². The number of carboxylic acids is 1. The number of methoxy groups -OCH3 is 1. The average Bonchev–Trinajstić information content (AvgIpc) is 2.58. The van der Waals surface area contributed by atoms with Crippen LogP contribution in [0.4, 0.5) is 0 Å². The van der Waals surface area contributed by atoms with Gasteiger partial charge in [-0.1, -0.05) is 6.07 Å². The Labute approximate surface area is 98.8 Å². The van der Waals surface area contributed by atoms with Gasteiger partial charge in [-0.3, -0.25) is 0 Å². The van der Waals surface area contributed by atoms with Crippen LogP contribution in [-0.4, -0.2) is 18.2 Å². The highest BCUT2D eigenvalue weighted by Gasteiger charge is 2.20. The Kier molecular flexibility index (Phi) is 2.90. The van der Waals surface area contributed by atoms with Gasteiger partial charge in [-0.15, -0.1) is 0 Å². The lowest BCUT2D eigenvalue weighted by Crippen LogP contribution is -1.99. The molecular formula is C13H14O4. The van der Waals surface area contributed by atoms with Crippen molar-refractivity contribution in [2.75, 3.05) is 7.11 Å². The number of benzene rings is 1. The zero-order valence-electron chi connectivity index (χ0n) is 10.0. The molecule has 4 heteroatoms. The molecule has 2 aromatic rings. The van der Waals surface area contributed by atoms with Crippen LogP contribution in [0.5, 0.6) is 0 Å². The zero-order valence-corrected chi connectivity index (χ0v) is 10.0. The van der Waals surface area contributed by atoms with Gasteiger partial charge in [0, 0.05) is 18.1 Å². The lowest BCUT2D eigenvalue weighted by Gasteiger charge is -2.00. The third-order valence-electron chi connectivity index (χ3n) is 2.71. The van der Waals surface area contributed by atoms with E-state index in [1.165, 1.54) is 7.11 Å². The molecule has 17 heavy (non-hydrogen) atoms. The Morgan fingerprint density at radius 3 is 2.71 bits per heavy atom. The van der Waals surface area contributed by atoms with E-state index in [4.69, 9.17) is 14.3 Å². The van der Waals surface area contributed by atoms with Crippen LogP contribution in [0, 0.1) is 13.8 Å². The molecule has 90 valence electrons. The van der Waals surface area contributed by atoms with Crippen LogP contribution in [0.1, 0.15) is 27.2 Å². The van der Waals surface area contributed by atoms with Crippen molar-refractivity contribution in [1.29, 1.82) is 0 Å². The van der Waals surface area contributed by atoms with Crippen LogP contribution in [0.15, 0.2) is 16.5 Å². The lowest BCUT2D eigenvalue weighted by molar-refractivity contribution is 0.0658. The van der Waals surface area contributed by atoms with Crippen molar-refractivity contribution in [2.45, 2.75) is 20.5 Å². The summed E-state index contributed by atoms with van der Waals surface area (Å²) in [5, 5.41) is 9.93. The summed E-state index contributed by atoms with van der Waals surface area (Å²) in [4.78, 5) is 11.1. The van der Waals surface area contributed by atoms with Gasteiger partial charge in [-0.2, -0.15) is 0 Å². The number of fused-ring (bicyclic) bond motifs is 1. The van der Waals surface area contributed by atoms with E-state index >= 15 is 0 Å². The first-order valence-electron chi connectivity index (χ1n) is 5.29. The third kappa shape index (κ3) is 1.91. The molecule has 1 heterocycles. The highest BCUT2D eigenvalue weighted by atomic mass is 16.5. The maximum Gasteiger partial charge on any atom is 0.372 e. The fourth-order valence-corrected chi connectivity index (χ4v) is 2.06. The highest BCUT2D eigenvalue weighted by molar-refractivity contribution is 5.96. The SMILES string of the molecule is COCc1c(C(=O)O)oc2c(C)cc(C)cc12. The molecule has 0 saturated heterocycles. The molecule has 0 unspecified atom stereocenters. The molecule has 0 aliphatic heterocycles. The minimum Gasteiger partial charge on any atom is -0.475 e. The Hall–Kier alpha value is -1.81. The molecule has 0 atom stereocenters. The molecule has 1 N–H and O–H groups in total. The van der Waals surface area contributed by atoms with E-state index in [0.717, 1.165) is 16.5 Å². The molecule has 0 fully saturated rings. The Morgan fingerprint density at radius 2 is 2.12 bits per heavy atom. The summed E-state index contributed by atoms with van der Waals surface area (Å²) in [6.07, 6.45) is 0. The largest absolute Gasteiger partial charge is 0.475 e. The minimum absolute atomic E-state index is 0.0319. The molecule has 2 rings (SSSR count). The maximum absolute atomic E-state index is 11.1. The summed E-state index contributed by atoms with van der Waals surface area (Å²) in [5.74, 6) is -1.10. The van der Waals surface area contributed by atoms with E-state index in [9.17, 15) is 4.79 Å². The van der Waals surface area contributed by atoms with E-state index in [2.05, 4.69) is 0 Å². The molecule has 4 nitrogen and oxygen atoms in total. The van der Waals surface area contributed by atoms with Gasteiger partial charge in [0.15, 0.2) is 0 Å². The second-order valence-electron chi connectivity index (χ2n) is 4.11. The first-order chi connectivity index (χ1) is 8.04. The second kappa shape index (κ2) is 4.22. The fraction of sp³-hybridized carbons (Fsp3) is 0.308. The number of carboxylic acid groups (broad SMARTS) is 1. The number of aromatic carboxylic acids is 1. The van der Waals surface area contributed by atoms with E-state index < -0.39 is 5.97 Å². The van der Waals surface area contributed by atoms with Crippen LogP contribution in [0.3, 0.4) is 0 Å². The Morgan fingerprint density at radius 1 is 1.41 bits per heavy atom. The van der Waals surface area contributed by atoms with Crippen molar-refractivity contribution in [3.63, 3.8) is 0 Å². The van der Waals surface area contributed by atoms with Crippen molar-refractivity contribution >= 4 is 16.9 Å². The number of hydrogen-bond donors (Lipinski definition) is 1. The molecule has 0 saturated carbocycles. The molecule has 1 aromatic heterocycles. The summed E-state index contributed by atoms with van der Waals surface area (Å²) < 4.78 is 10.5. The lowest BCUT2D eigenvalue weighted by atomic mass is 10.1. The summed E-state index contributed by atoms with van der Waals surface area (Å²) in [6.45, 7) is 4.11. The van der Waals surface area contributed by atoms with Gasteiger partial charge in [0.2, 0.25) is 5.76 Å². The van der Waals surface area contributed by atoms with Crippen LogP contribution >= 0.6 is 0 Å². The standard InChI is InChI=1S/C13H14O4/c1-7-4-8(2)11-9(5-7)10(6-16-3)12(17-11)13(14)15/h4-5H,6H2,1-3H3,(H,14,15). The van der Waals surface area contributed by atoms with Gasteiger partial charge >= 0.3 is 5.97 Å². The third-order valence-corrected chi connectivity index (χ3v) is 2.71. The monoisotopic (exact) mass is 234 g/mol. The molecular weight excluding hydrogens is 220 g/mol. The predicted octanol–water partition coefficient (Wildman–Crippen LogP) is 2.89. The first-order valence-corrected chi connectivity index (χ1v) is 5.29. The number of aryl methyl sites for hydroxylation is 2. The summed E-state index contributed by atoms with van der Waals surface area (Å²) >= 11 is 0. The maximum atomic E-state index is 11.1. The van der Waals surface area contributed by atoms with Gasteiger partial charge < -0.3 is 14.3 Å². The van der Waals surface area contributed by atoms with Crippen molar-refractivity contribution in [1.82, 2.24) is 0 Å². The van der Waals surface area contributed by atoms with Crippen LogP contribution in [-0.2, 0) is 11.3 Å². The van der Waals surface area contributed by atoms with Gasteiger partial charge in [0.25, 0.3) is 0 Å². The van der Waals surface area contributed by atoms with E-state index in [-0.39, 0.29) is 12.4 Å². The Balaban J connectivity index is 2.79. The van der Waals surface area contributed by atoms with Crippen molar-refractivity contribution in [2.24, 2.45) is 0 Å². The number of hydrogen-bond acceptors (Lipinski definition) is 3. The summed E-state index contributed by atoms with van der Waals surface area (Å²) in [6, 6.07) is 3.89. The van der Waals surface area contributed by atoms with E-state index in [1.807, 2.05) is 26.0 Å². The summed E-state index contributed by atoms with van der Waals surface area (Å²) in [5.41, 5.74) is 3.23. The zero-order chi connectivity index (χ0) is 12.6. The average molecular weight is 234 g/mol. The number of furan rings is 1. The number of ether oxygens (including phenoxy) is 1. The van der Waals surface area contributed by atoms with Gasteiger partial charge in [-0.05, 0) is 31.0 Å². The quantitative estimate of drug-likeness (QED) is 0.887. The molecule has 0 aliphatic carbocycles. The van der Waals surface area contributed by atoms with Crippen molar-refractivity contribution < 1.29 is 19.1 Å². The molecule has 0 radical (unpaired) electrons. The number of carbonyl (C=O) groups is 1. The minimum atomic E-state index is -1.06. The molecule has 0 amide bonds. The smallest absolute Gasteiger partial charge is 0.372 e. The van der Waals surface area contributed by atoms with Crippen LogP contribution in [0.25, 0.3) is 11.0 Å².